The van der Waals surface area contributed by atoms with Crippen molar-refractivity contribution in [3.05, 3.63) is 46.2 Å². The van der Waals surface area contributed by atoms with Gasteiger partial charge in [-0.15, -0.1) is 0 Å². The predicted molar refractivity (Wildman–Crippen MR) is 89.0 cm³/mol. The normalized spacial score (nSPS) is 13.7. The first-order chi connectivity index (χ1) is 11.1. The van der Waals surface area contributed by atoms with Crippen molar-refractivity contribution in [2.24, 2.45) is 0 Å². The van der Waals surface area contributed by atoms with Crippen LogP contribution >= 0.6 is 11.8 Å². The zero-order valence-electron chi connectivity index (χ0n) is 12.5. The number of rotatable bonds is 4. The van der Waals surface area contributed by atoms with Crippen molar-refractivity contribution >= 4 is 23.4 Å². The van der Waals surface area contributed by atoms with Crippen LogP contribution in [0, 0.1) is 0 Å². The average molecular weight is 331 g/mol. The van der Waals surface area contributed by atoms with Gasteiger partial charge in [-0.05, 0) is 24.5 Å². The lowest BCUT2D eigenvalue weighted by Crippen LogP contribution is -2.35. The maximum Gasteiger partial charge on any atom is 0.255 e. The lowest BCUT2D eigenvalue weighted by Gasteiger charge is -2.29. The molecule has 2 heterocycles. The van der Waals surface area contributed by atoms with Crippen molar-refractivity contribution in [2.75, 3.05) is 17.2 Å². The Labute approximate surface area is 137 Å². The van der Waals surface area contributed by atoms with Gasteiger partial charge in [-0.1, -0.05) is 30.0 Å². The minimum atomic E-state index is -0.406. The Kier molecular flexibility index (Phi) is 4.66. The number of H-pyrrole nitrogens is 1. The van der Waals surface area contributed by atoms with Crippen LogP contribution in [0.4, 0.5) is 5.69 Å². The number of para-hydroxylation sites is 1. The largest absolute Gasteiger partial charge is 0.493 e. The highest BCUT2D eigenvalue weighted by molar-refractivity contribution is 7.99. The molecule has 0 aliphatic carbocycles. The van der Waals surface area contributed by atoms with Crippen LogP contribution in [-0.2, 0) is 11.2 Å². The molecule has 0 spiro atoms. The first kappa shape index (κ1) is 15.6. The van der Waals surface area contributed by atoms with Gasteiger partial charge in [-0.2, -0.15) is 4.98 Å². The highest BCUT2D eigenvalue weighted by Crippen LogP contribution is 2.27. The molecule has 0 atom stereocenters. The van der Waals surface area contributed by atoms with Gasteiger partial charge in [0.2, 0.25) is 11.8 Å². The third-order valence-electron chi connectivity index (χ3n) is 3.67. The van der Waals surface area contributed by atoms with Crippen molar-refractivity contribution in [1.82, 2.24) is 9.97 Å². The van der Waals surface area contributed by atoms with Gasteiger partial charge in [0.25, 0.3) is 5.56 Å². The number of thioether (sulfide) groups is 1. The third kappa shape index (κ3) is 3.73. The summed E-state index contributed by atoms with van der Waals surface area (Å²) >= 11 is 1.25. The molecule has 0 bridgehead atoms. The number of aromatic amines is 1. The zero-order chi connectivity index (χ0) is 16.2. The summed E-state index contributed by atoms with van der Waals surface area (Å²) < 4.78 is 0. The van der Waals surface area contributed by atoms with Gasteiger partial charge in [-0.3, -0.25) is 9.59 Å². The number of hydrogen-bond donors (Lipinski definition) is 2. The number of hydrogen-bond acceptors (Lipinski definition) is 5. The maximum absolute atomic E-state index is 12.5. The number of anilines is 1. The Morgan fingerprint density at radius 2 is 2.22 bits per heavy atom. The van der Waals surface area contributed by atoms with Crippen molar-refractivity contribution in [3.8, 4) is 5.88 Å². The topological polar surface area (TPSA) is 86.3 Å². The number of nitrogens with zero attached hydrogens (tertiary/aromatic N) is 2. The lowest BCUT2D eigenvalue weighted by molar-refractivity contribution is -0.118. The van der Waals surface area contributed by atoms with E-state index in [1.54, 1.807) is 0 Å². The fourth-order valence-corrected chi connectivity index (χ4v) is 3.45. The molecule has 0 saturated heterocycles. The number of fused-ring (bicyclic) bond motifs is 1. The molecule has 6 nitrogen and oxygen atoms in total. The van der Waals surface area contributed by atoms with E-state index in [-0.39, 0.29) is 11.8 Å². The van der Waals surface area contributed by atoms with Crippen LogP contribution in [0.5, 0.6) is 5.88 Å². The highest BCUT2D eigenvalue weighted by Gasteiger charge is 2.21. The molecule has 1 aromatic carbocycles. The van der Waals surface area contributed by atoms with Crippen molar-refractivity contribution in [1.29, 1.82) is 0 Å². The van der Waals surface area contributed by atoms with E-state index in [1.807, 2.05) is 23.1 Å². The summed E-state index contributed by atoms with van der Waals surface area (Å²) in [5, 5.41) is 9.62. The summed E-state index contributed by atoms with van der Waals surface area (Å²) in [5.41, 5.74) is 1.80. The first-order valence-corrected chi connectivity index (χ1v) is 8.43. The molecule has 23 heavy (non-hydrogen) atoms. The average Bonchev–Trinajstić information content (AvgIpc) is 2.53. The molecule has 0 radical (unpaired) electrons. The molecular weight excluding hydrogens is 314 g/mol. The van der Waals surface area contributed by atoms with Gasteiger partial charge >= 0.3 is 0 Å². The predicted octanol–water partition coefficient (Wildman–Crippen LogP) is 1.94. The second-order valence-electron chi connectivity index (χ2n) is 5.28. The molecule has 2 aromatic rings. The van der Waals surface area contributed by atoms with Crippen LogP contribution in [0.1, 0.15) is 18.4 Å². The SMILES string of the molecule is O=C(CCSc1nc(O)cc(=O)[nH]1)N1CCCc2ccccc21. The van der Waals surface area contributed by atoms with E-state index in [1.165, 1.54) is 17.3 Å². The molecule has 1 aromatic heterocycles. The fraction of sp³-hybridized carbons (Fsp3) is 0.312. The van der Waals surface area contributed by atoms with Crippen LogP contribution in [0.15, 0.2) is 40.3 Å². The molecule has 1 aliphatic heterocycles. The molecule has 0 fully saturated rings. The van der Waals surface area contributed by atoms with E-state index in [0.29, 0.717) is 17.3 Å². The maximum atomic E-state index is 12.5. The van der Waals surface area contributed by atoms with E-state index >= 15 is 0 Å². The Morgan fingerprint density at radius 1 is 1.39 bits per heavy atom. The Balaban J connectivity index is 1.61. The fourth-order valence-electron chi connectivity index (χ4n) is 2.65. The van der Waals surface area contributed by atoms with E-state index in [4.69, 9.17) is 0 Å². The van der Waals surface area contributed by atoms with Crippen molar-refractivity contribution < 1.29 is 9.90 Å². The molecule has 0 saturated carbocycles. The summed E-state index contributed by atoms with van der Waals surface area (Å²) in [5.74, 6) is 0.240. The van der Waals surface area contributed by atoms with Crippen LogP contribution in [0.3, 0.4) is 0 Å². The minimum Gasteiger partial charge on any atom is -0.493 e. The zero-order valence-corrected chi connectivity index (χ0v) is 13.3. The monoisotopic (exact) mass is 331 g/mol. The van der Waals surface area contributed by atoms with Crippen LogP contribution in [0.25, 0.3) is 0 Å². The minimum absolute atomic E-state index is 0.0622. The van der Waals surface area contributed by atoms with Gasteiger partial charge in [0.15, 0.2) is 5.16 Å². The molecule has 120 valence electrons. The first-order valence-electron chi connectivity index (χ1n) is 7.45. The van der Waals surface area contributed by atoms with Crippen molar-refractivity contribution in [2.45, 2.75) is 24.4 Å². The summed E-state index contributed by atoms with van der Waals surface area (Å²) in [6, 6.07) is 8.99. The Bertz CT molecular complexity index is 775. The number of carbonyl (C=O) groups excluding carboxylic acids is 1. The van der Waals surface area contributed by atoms with E-state index < -0.39 is 5.56 Å². The van der Waals surface area contributed by atoms with Crippen LogP contribution < -0.4 is 10.5 Å². The number of amides is 1. The smallest absolute Gasteiger partial charge is 0.255 e. The second kappa shape index (κ2) is 6.87. The summed E-state index contributed by atoms with van der Waals surface area (Å²) in [6.07, 6.45) is 2.32. The number of aromatic hydroxyl groups is 1. The van der Waals surface area contributed by atoms with Gasteiger partial charge in [-0.25, -0.2) is 0 Å². The molecular formula is C16H17N3O3S. The van der Waals surface area contributed by atoms with Gasteiger partial charge < -0.3 is 15.0 Å². The molecule has 3 rings (SSSR count). The van der Waals surface area contributed by atoms with E-state index in [0.717, 1.165) is 31.1 Å². The third-order valence-corrected chi connectivity index (χ3v) is 4.55. The van der Waals surface area contributed by atoms with Crippen LogP contribution in [-0.4, -0.2) is 33.3 Å². The Hall–Kier alpha value is -2.28. The molecule has 7 heteroatoms. The van der Waals surface area contributed by atoms with Crippen molar-refractivity contribution in [3.63, 3.8) is 0 Å². The molecule has 1 aliphatic rings. The van der Waals surface area contributed by atoms with Gasteiger partial charge in [0.05, 0.1) is 6.07 Å². The molecule has 2 N–H and O–H groups in total. The van der Waals surface area contributed by atoms with Gasteiger partial charge in [0.1, 0.15) is 0 Å². The lowest BCUT2D eigenvalue weighted by atomic mass is 10.0. The Morgan fingerprint density at radius 3 is 3.04 bits per heavy atom. The highest BCUT2D eigenvalue weighted by atomic mass is 32.2. The van der Waals surface area contributed by atoms with Gasteiger partial charge in [0, 0.05) is 24.4 Å². The number of aryl methyl sites for hydroxylation is 1. The molecule has 0 unspecified atom stereocenters. The number of nitrogens with one attached hydrogen (secondary N) is 1. The quantitative estimate of drug-likeness (QED) is 0.660. The second-order valence-corrected chi connectivity index (χ2v) is 6.37. The van der Waals surface area contributed by atoms with E-state index in [9.17, 15) is 14.7 Å². The number of aromatic nitrogens is 2. The summed E-state index contributed by atoms with van der Waals surface area (Å²) in [7, 11) is 0. The van der Waals surface area contributed by atoms with E-state index in [2.05, 4.69) is 16.0 Å². The molecule has 1 amide bonds. The number of carbonyl (C=O) groups is 1. The van der Waals surface area contributed by atoms with Crippen LogP contribution in [0.2, 0.25) is 0 Å². The summed E-state index contributed by atoms with van der Waals surface area (Å²) in [4.78, 5) is 31.9. The summed E-state index contributed by atoms with van der Waals surface area (Å²) in [6.45, 7) is 0.738. The number of benzene rings is 1. The standard InChI is InChI=1S/C16H17N3O3S/c20-13-10-14(21)18-16(17-13)23-9-7-15(22)19-8-3-5-11-4-1-2-6-12(11)19/h1-2,4,6,10H,3,5,7-9H2,(H2,17,18,20,21).